The standard InChI is InChI=1S/C25H37N3O6/c1-30-22-8-6-5-7-21(22)28-13-11-27(12-14-28)10-9-26-17-19(29)18-34-20-15-23(31-2)25(33-4)24(16-20)32-3/h5-8,15-16,19,26,29H,9-14,17-18H2,1-4H3. The third-order valence-corrected chi connectivity index (χ3v) is 5.86. The van der Waals surface area contributed by atoms with Crippen molar-refractivity contribution in [1.29, 1.82) is 0 Å². The molecular formula is C25H37N3O6. The van der Waals surface area contributed by atoms with Gasteiger partial charge in [0.15, 0.2) is 11.5 Å². The van der Waals surface area contributed by atoms with E-state index in [1.807, 2.05) is 18.2 Å². The first-order chi connectivity index (χ1) is 16.6. The Labute approximate surface area is 202 Å². The van der Waals surface area contributed by atoms with E-state index in [1.165, 1.54) is 0 Å². The first-order valence-corrected chi connectivity index (χ1v) is 11.5. The van der Waals surface area contributed by atoms with Crippen LogP contribution in [-0.4, -0.2) is 97.0 Å². The zero-order valence-corrected chi connectivity index (χ0v) is 20.6. The molecule has 0 radical (unpaired) electrons. The van der Waals surface area contributed by atoms with Gasteiger partial charge >= 0.3 is 0 Å². The number of hydrogen-bond donors (Lipinski definition) is 2. The zero-order valence-electron chi connectivity index (χ0n) is 20.6. The number of methoxy groups -OCH3 is 4. The minimum absolute atomic E-state index is 0.156. The van der Waals surface area contributed by atoms with Crippen LogP contribution in [0.5, 0.6) is 28.7 Å². The van der Waals surface area contributed by atoms with Crippen LogP contribution in [0.2, 0.25) is 0 Å². The van der Waals surface area contributed by atoms with Crippen LogP contribution in [-0.2, 0) is 0 Å². The lowest BCUT2D eigenvalue weighted by Crippen LogP contribution is -2.48. The quantitative estimate of drug-likeness (QED) is 0.422. The van der Waals surface area contributed by atoms with Gasteiger partial charge in [0.25, 0.3) is 0 Å². The van der Waals surface area contributed by atoms with Crippen molar-refractivity contribution in [2.24, 2.45) is 0 Å². The number of rotatable bonds is 13. The molecule has 1 heterocycles. The van der Waals surface area contributed by atoms with Crippen LogP contribution >= 0.6 is 0 Å². The Kier molecular flexibility index (Phi) is 9.93. The van der Waals surface area contributed by atoms with E-state index >= 15 is 0 Å². The Morgan fingerprint density at radius 2 is 1.53 bits per heavy atom. The third-order valence-electron chi connectivity index (χ3n) is 5.86. The van der Waals surface area contributed by atoms with Crippen molar-refractivity contribution in [1.82, 2.24) is 10.2 Å². The molecule has 2 aromatic carbocycles. The Balaban J connectivity index is 1.35. The molecule has 1 unspecified atom stereocenters. The van der Waals surface area contributed by atoms with Crippen molar-refractivity contribution in [3.05, 3.63) is 36.4 Å². The predicted octanol–water partition coefficient (Wildman–Crippen LogP) is 1.87. The maximum absolute atomic E-state index is 10.3. The molecule has 0 aromatic heterocycles. The smallest absolute Gasteiger partial charge is 0.203 e. The van der Waals surface area contributed by atoms with Gasteiger partial charge in [-0.2, -0.15) is 0 Å². The highest BCUT2D eigenvalue weighted by Crippen LogP contribution is 2.40. The molecule has 34 heavy (non-hydrogen) atoms. The number of benzene rings is 2. The van der Waals surface area contributed by atoms with Gasteiger partial charge in [0, 0.05) is 57.9 Å². The Hall–Kier alpha value is -2.88. The highest BCUT2D eigenvalue weighted by molar-refractivity contribution is 5.58. The number of nitrogens with zero attached hydrogens (tertiary/aromatic N) is 2. The van der Waals surface area contributed by atoms with Gasteiger partial charge in [-0.3, -0.25) is 4.90 Å². The normalized spacial score (nSPS) is 15.0. The summed E-state index contributed by atoms with van der Waals surface area (Å²) in [6.45, 7) is 6.25. The van der Waals surface area contributed by atoms with Crippen LogP contribution in [0, 0.1) is 0 Å². The second-order valence-corrected chi connectivity index (χ2v) is 8.03. The van der Waals surface area contributed by atoms with Gasteiger partial charge < -0.3 is 39.0 Å². The number of anilines is 1. The summed E-state index contributed by atoms with van der Waals surface area (Å²) in [4.78, 5) is 4.80. The lowest BCUT2D eigenvalue weighted by atomic mass is 10.2. The number of para-hydroxylation sites is 2. The van der Waals surface area contributed by atoms with Crippen LogP contribution in [0.4, 0.5) is 5.69 Å². The van der Waals surface area contributed by atoms with Gasteiger partial charge in [0.1, 0.15) is 24.2 Å². The Morgan fingerprint density at radius 1 is 0.882 bits per heavy atom. The molecule has 3 rings (SSSR count). The number of piperazine rings is 1. The van der Waals surface area contributed by atoms with Gasteiger partial charge in [-0.1, -0.05) is 12.1 Å². The summed E-state index contributed by atoms with van der Waals surface area (Å²) in [5.41, 5.74) is 1.15. The number of hydrogen-bond acceptors (Lipinski definition) is 9. The fraction of sp³-hybridized carbons (Fsp3) is 0.520. The van der Waals surface area contributed by atoms with Crippen LogP contribution in [0.15, 0.2) is 36.4 Å². The van der Waals surface area contributed by atoms with E-state index in [0.29, 0.717) is 29.5 Å². The summed E-state index contributed by atoms with van der Waals surface area (Å²) in [5, 5.41) is 13.6. The van der Waals surface area contributed by atoms with Crippen molar-refractivity contribution in [3.63, 3.8) is 0 Å². The molecule has 0 saturated carbocycles. The minimum atomic E-state index is -0.638. The summed E-state index contributed by atoms with van der Waals surface area (Å²) in [6.07, 6.45) is -0.638. The summed E-state index contributed by atoms with van der Waals surface area (Å²) >= 11 is 0. The highest BCUT2D eigenvalue weighted by atomic mass is 16.5. The summed E-state index contributed by atoms with van der Waals surface area (Å²) in [7, 11) is 6.37. The molecule has 1 aliphatic heterocycles. The maximum atomic E-state index is 10.3. The summed E-state index contributed by atoms with van der Waals surface area (Å²) < 4.78 is 27.2. The van der Waals surface area contributed by atoms with Crippen molar-refractivity contribution >= 4 is 5.69 Å². The van der Waals surface area contributed by atoms with Crippen molar-refractivity contribution in [2.45, 2.75) is 6.10 Å². The van der Waals surface area contributed by atoms with Crippen LogP contribution in [0.1, 0.15) is 0 Å². The number of aliphatic hydroxyl groups excluding tert-OH is 1. The second-order valence-electron chi connectivity index (χ2n) is 8.03. The minimum Gasteiger partial charge on any atom is -0.495 e. The fourth-order valence-electron chi connectivity index (χ4n) is 4.00. The maximum Gasteiger partial charge on any atom is 0.203 e. The fourth-order valence-corrected chi connectivity index (χ4v) is 4.00. The van der Waals surface area contributed by atoms with Crippen LogP contribution in [0.25, 0.3) is 0 Å². The van der Waals surface area contributed by atoms with Gasteiger partial charge in [-0.05, 0) is 12.1 Å². The van der Waals surface area contributed by atoms with Crippen molar-refractivity contribution in [2.75, 3.05) is 85.8 Å². The molecule has 0 spiro atoms. The zero-order chi connectivity index (χ0) is 24.3. The highest BCUT2D eigenvalue weighted by Gasteiger charge is 2.19. The van der Waals surface area contributed by atoms with E-state index < -0.39 is 6.10 Å². The largest absolute Gasteiger partial charge is 0.495 e. The van der Waals surface area contributed by atoms with E-state index in [0.717, 1.165) is 50.7 Å². The molecule has 2 N–H and O–H groups in total. The molecule has 1 aliphatic rings. The number of ether oxygens (including phenoxy) is 5. The molecule has 0 aliphatic carbocycles. The molecule has 0 amide bonds. The van der Waals surface area contributed by atoms with Crippen LogP contribution in [0.3, 0.4) is 0 Å². The predicted molar refractivity (Wildman–Crippen MR) is 132 cm³/mol. The van der Waals surface area contributed by atoms with E-state index in [4.69, 9.17) is 23.7 Å². The van der Waals surface area contributed by atoms with E-state index in [9.17, 15) is 5.11 Å². The monoisotopic (exact) mass is 475 g/mol. The number of nitrogens with one attached hydrogen (secondary N) is 1. The Bertz CT molecular complexity index is 864. The Morgan fingerprint density at radius 3 is 2.15 bits per heavy atom. The van der Waals surface area contributed by atoms with E-state index in [1.54, 1.807) is 40.6 Å². The molecule has 1 saturated heterocycles. The first-order valence-electron chi connectivity index (χ1n) is 11.5. The molecule has 9 nitrogen and oxygen atoms in total. The summed E-state index contributed by atoms with van der Waals surface area (Å²) in [6, 6.07) is 11.6. The number of aliphatic hydroxyl groups is 1. The van der Waals surface area contributed by atoms with Gasteiger partial charge in [-0.25, -0.2) is 0 Å². The lowest BCUT2D eigenvalue weighted by molar-refractivity contribution is 0.105. The van der Waals surface area contributed by atoms with Gasteiger partial charge in [0.2, 0.25) is 5.75 Å². The van der Waals surface area contributed by atoms with Crippen LogP contribution < -0.4 is 33.9 Å². The topological polar surface area (TPSA) is 84.9 Å². The SMILES string of the molecule is COc1ccccc1N1CCN(CCNCC(O)COc2cc(OC)c(OC)c(OC)c2)CC1. The van der Waals surface area contributed by atoms with E-state index in [-0.39, 0.29) is 6.61 Å². The van der Waals surface area contributed by atoms with Crippen molar-refractivity contribution < 1.29 is 28.8 Å². The van der Waals surface area contributed by atoms with Gasteiger partial charge in [-0.15, -0.1) is 0 Å². The molecule has 1 fully saturated rings. The average molecular weight is 476 g/mol. The van der Waals surface area contributed by atoms with E-state index in [2.05, 4.69) is 21.2 Å². The first kappa shape index (κ1) is 25.7. The molecule has 9 heteroatoms. The summed E-state index contributed by atoms with van der Waals surface area (Å²) in [5.74, 6) is 2.98. The van der Waals surface area contributed by atoms with Gasteiger partial charge in [0.05, 0.1) is 34.1 Å². The van der Waals surface area contributed by atoms with Crippen molar-refractivity contribution in [3.8, 4) is 28.7 Å². The molecule has 0 bridgehead atoms. The third kappa shape index (κ3) is 6.82. The average Bonchev–Trinajstić information content (AvgIpc) is 2.89. The molecular weight excluding hydrogens is 438 g/mol. The molecule has 1 atom stereocenters. The molecule has 2 aromatic rings. The lowest BCUT2D eigenvalue weighted by Gasteiger charge is -2.36. The molecule has 188 valence electrons. The second kappa shape index (κ2) is 13.1.